The second-order valence-electron chi connectivity index (χ2n) is 9.10. The Hall–Kier alpha value is -3.95. The summed E-state index contributed by atoms with van der Waals surface area (Å²) < 4.78 is 24.0. The van der Waals surface area contributed by atoms with Gasteiger partial charge in [-0.3, -0.25) is 13.9 Å². The molecule has 1 saturated carbocycles. The molecule has 3 aromatic rings. The zero-order chi connectivity index (χ0) is 26.3. The van der Waals surface area contributed by atoms with Crippen LogP contribution in [0.1, 0.15) is 40.5 Å². The second-order valence-corrected chi connectivity index (χ2v) is 11.4. The molecule has 1 aliphatic carbocycles. The number of ether oxygens (including phenoxy) is 1. The zero-order valence-corrected chi connectivity index (χ0v) is 21.6. The lowest BCUT2D eigenvalue weighted by Crippen LogP contribution is -2.38. The van der Waals surface area contributed by atoms with Gasteiger partial charge in [-0.2, -0.15) is 5.10 Å². The maximum Gasteiger partial charge on any atom is 0.255 e. The second kappa shape index (κ2) is 9.83. The third-order valence-electron chi connectivity index (χ3n) is 6.67. The number of fused-ring (bicyclic) bond motifs is 1. The summed E-state index contributed by atoms with van der Waals surface area (Å²) in [7, 11) is 1.75. The number of carbonyl (C=O) groups excluding carboxylic acids is 2. The first kappa shape index (κ1) is 24.7. The fourth-order valence-corrected chi connectivity index (χ4v) is 7.66. The first-order chi connectivity index (χ1) is 17.9. The van der Waals surface area contributed by atoms with Gasteiger partial charge in [0.25, 0.3) is 5.91 Å². The van der Waals surface area contributed by atoms with Crippen molar-refractivity contribution >= 4 is 37.6 Å². The number of nitrogens with two attached hydrogens (primary N) is 1. The van der Waals surface area contributed by atoms with E-state index in [0.717, 1.165) is 18.4 Å². The van der Waals surface area contributed by atoms with Crippen molar-refractivity contribution in [1.82, 2.24) is 23.9 Å². The molecule has 0 bridgehead atoms. The summed E-state index contributed by atoms with van der Waals surface area (Å²) in [6.45, 7) is 3.97. The van der Waals surface area contributed by atoms with Gasteiger partial charge >= 0.3 is 0 Å². The van der Waals surface area contributed by atoms with Gasteiger partial charge in [0.15, 0.2) is 0 Å². The lowest BCUT2D eigenvalue weighted by atomic mass is 10.1. The lowest BCUT2D eigenvalue weighted by molar-refractivity contribution is -0.127. The lowest BCUT2D eigenvalue weighted by Gasteiger charge is -2.22. The standard InChI is InChI=1S/C25H27FN7O3Si/c1-4-22(34)32-14-37(12-17(32)11-36-3)33-25(28-2)23(24(27)35)19(30-33)8-5-15-9-20-21(10-18(15)26)31(13-29-20)16-6-7-16/h4,9-10,13,16-17,28H,1,6-7,11-12,14H2,2-3H3,(H2,27,35)/t17-/m0/s1. The molecule has 1 aromatic carbocycles. The van der Waals surface area contributed by atoms with Crippen LogP contribution in [-0.4, -0.2) is 77.6 Å². The van der Waals surface area contributed by atoms with Crippen molar-refractivity contribution < 1.29 is 18.7 Å². The molecule has 1 aliphatic heterocycles. The van der Waals surface area contributed by atoms with Crippen LogP contribution in [0.2, 0.25) is 6.04 Å². The Kier molecular flexibility index (Phi) is 6.57. The van der Waals surface area contributed by atoms with E-state index in [1.807, 2.05) is 4.57 Å². The summed E-state index contributed by atoms with van der Waals surface area (Å²) in [6.07, 6.45) is 5.58. The molecule has 12 heteroatoms. The van der Waals surface area contributed by atoms with Gasteiger partial charge in [0.2, 0.25) is 14.9 Å². The number of primary amides is 1. The average molecular weight is 521 g/mol. The fourth-order valence-electron chi connectivity index (χ4n) is 4.76. The van der Waals surface area contributed by atoms with Crippen LogP contribution >= 0.6 is 0 Å². The third kappa shape index (κ3) is 4.52. The van der Waals surface area contributed by atoms with Crippen LogP contribution in [0.25, 0.3) is 11.0 Å². The van der Waals surface area contributed by atoms with Gasteiger partial charge in [-0.1, -0.05) is 12.5 Å². The van der Waals surface area contributed by atoms with Crippen molar-refractivity contribution in [3.63, 3.8) is 0 Å². The predicted molar refractivity (Wildman–Crippen MR) is 138 cm³/mol. The number of nitrogens with zero attached hydrogens (tertiary/aromatic N) is 5. The number of halogens is 1. The number of amides is 2. The molecule has 1 radical (unpaired) electrons. The van der Waals surface area contributed by atoms with E-state index in [0.29, 0.717) is 36.2 Å². The molecule has 3 N–H and O–H groups in total. The normalized spacial score (nSPS) is 17.6. The molecule has 191 valence electrons. The molecule has 37 heavy (non-hydrogen) atoms. The van der Waals surface area contributed by atoms with E-state index < -0.39 is 20.7 Å². The van der Waals surface area contributed by atoms with Crippen molar-refractivity contribution in [2.45, 2.75) is 31.0 Å². The summed E-state index contributed by atoms with van der Waals surface area (Å²) in [6, 6.07) is 3.94. The Morgan fingerprint density at radius 3 is 2.81 bits per heavy atom. The number of rotatable bonds is 7. The molecule has 2 aromatic heterocycles. The summed E-state index contributed by atoms with van der Waals surface area (Å²) >= 11 is 0. The first-order valence-corrected chi connectivity index (χ1v) is 13.8. The summed E-state index contributed by atoms with van der Waals surface area (Å²) in [5.74, 6) is 4.74. The molecule has 2 aliphatic rings. The highest BCUT2D eigenvalue weighted by Gasteiger charge is 2.40. The quantitative estimate of drug-likeness (QED) is 0.278. The fraction of sp³-hybridized carbons (Fsp3) is 0.360. The number of nitrogens with one attached hydrogen (secondary N) is 1. The van der Waals surface area contributed by atoms with Gasteiger partial charge in [0, 0.05) is 32.4 Å². The monoisotopic (exact) mass is 520 g/mol. The molecule has 0 unspecified atom stereocenters. The minimum atomic E-state index is -1.50. The van der Waals surface area contributed by atoms with Gasteiger partial charge in [-0.25, -0.2) is 9.37 Å². The van der Waals surface area contributed by atoms with Crippen LogP contribution in [0, 0.1) is 17.7 Å². The van der Waals surface area contributed by atoms with Crippen LogP contribution in [-0.2, 0) is 9.53 Å². The number of hydrogen-bond acceptors (Lipinski definition) is 6. The smallest absolute Gasteiger partial charge is 0.255 e. The molecular formula is C25H27FN7O3Si. The average Bonchev–Trinajstić information content (AvgIpc) is 3.33. The Balaban J connectivity index is 1.52. The van der Waals surface area contributed by atoms with Gasteiger partial charge in [0.1, 0.15) is 22.9 Å². The Morgan fingerprint density at radius 1 is 1.38 bits per heavy atom. The number of hydrogen-bond donors (Lipinski definition) is 2. The maximum atomic E-state index is 15.0. The van der Waals surface area contributed by atoms with E-state index in [1.54, 1.807) is 35.8 Å². The van der Waals surface area contributed by atoms with Crippen LogP contribution in [0.3, 0.4) is 0 Å². The number of aromatic nitrogens is 4. The van der Waals surface area contributed by atoms with E-state index in [4.69, 9.17) is 10.5 Å². The van der Waals surface area contributed by atoms with Crippen LogP contribution < -0.4 is 11.1 Å². The number of imidazole rings is 1. The van der Waals surface area contributed by atoms with Crippen molar-refractivity contribution in [2.24, 2.45) is 5.73 Å². The third-order valence-corrected chi connectivity index (χ3v) is 9.24. The molecular weight excluding hydrogens is 493 g/mol. The predicted octanol–water partition coefficient (Wildman–Crippen LogP) is 1.67. The molecule has 1 atom stereocenters. The van der Waals surface area contributed by atoms with Crippen molar-refractivity contribution in [3.8, 4) is 11.8 Å². The number of carbonyl (C=O) groups is 2. The van der Waals surface area contributed by atoms with E-state index in [1.165, 1.54) is 12.1 Å². The molecule has 10 nitrogen and oxygen atoms in total. The minimum Gasteiger partial charge on any atom is -0.383 e. The maximum absolute atomic E-state index is 15.0. The van der Waals surface area contributed by atoms with E-state index in [9.17, 15) is 14.0 Å². The van der Waals surface area contributed by atoms with Gasteiger partial charge in [0.05, 0.1) is 35.6 Å². The molecule has 2 fully saturated rings. The topological polar surface area (TPSA) is 120 Å². The zero-order valence-electron chi connectivity index (χ0n) is 20.6. The van der Waals surface area contributed by atoms with E-state index in [2.05, 4.69) is 33.8 Å². The van der Waals surface area contributed by atoms with Crippen molar-refractivity contribution in [2.75, 3.05) is 32.2 Å². The van der Waals surface area contributed by atoms with E-state index >= 15 is 0 Å². The van der Waals surface area contributed by atoms with E-state index in [-0.39, 0.29) is 28.8 Å². The van der Waals surface area contributed by atoms with Crippen molar-refractivity contribution in [3.05, 3.63) is 53.8 Å². The Bertz CT molecular complexity index is 1470. The number of methoxy groups -OCH3 is 1. The highest BCUT2D eigenvalue weighted by molar-refractivity contribution is 6.59. The van der Waals surface area contributed by atoms with Gasteiger partial charge < -0.3 is 25.3 Å². The minimum absolute atomic E-state index is 0.129. The van der Waals surface area contributed by atoms with Crippen LogP contribution in [0.5, 0.6) is 0 Å². The molecule has 3 heterocycles. The molecule has 2 amide bonds. The molecule has 5 rings (SSSR count). The highest BCUT2D eigenvalue weighted by Crippen LogP contribution is 2.37. The summed E-state index contributed by atoms with van der Waals surface area (Å²) in [5.41, 5.74) is 7.53. The van der Waals surface area contributed by atoms with Crippen molar-refractivity contribution in [1.29, 1.82) is 0 Å². The molecule has 0 spiro atoms. The Morgan fingerprint density at radius 2 is 2.16 bits per heavy atom. The Labute approximate surface area is 214 Å². The SMILES string of the molecule is C=CC(=O)N1C[Si](n2nc(C#Cc3cc4ncn(C5CC5)c4cc3F)c(C(N)=O)c2NC)C[C@@H]1COC. The van der Waals surface area contributed by atoms with Crippen LogP contribution in [0.4, 0.5) is 10.2 Å². The number of benzene rings is 1. The molecule has 1 saturated heterocycles. The highest BCUT2D eigenvalue weighted by atomic mass is 28.3. The summed E-state index contributed by atoms with van der Waals surface area (Å²) in [5, 5.41) is 7.64. The van der Waals surface area contributed by atoms with Gasteiger partial charge in [-0.15, -0.1) is 0 Å². The van der Waals surface area contributed by atoms with Gasteiger partial charge in [-0.05, 0) is 36.9 Å². The first-order valence-electron chi connectivity index (χ1n) is 11.9. The largest absolute Gasteiger partial charge is 0.383 e. The number of anilines is 1. The summed E-state index contributed by atoms with van der Waals surface area (Å²) in [4.78, 5) is 31.0. The van der Waals surface area contributed by atoms with Crippen LogP contribution in [0.15, 0.2) is 31.1 Å².